The van der Waals surface area contributed by atoms with E-state index in [0.717, 1.165) is 41.8 Å². The normalized spacial score (nSPS) is 11.8. The molecule has 2 aromatic carbocycles. The maximum atomic E-state index is 11.9. The van der Waals surface area contributed by atoms with Crippen molar-refractivity contribution in [1.29, 1.82) is 0 Å². The summed E-state index contributed by atoms with van der Waals surface area (Å²) in [4.78, 5) is 21.0. The third-order valence-corrected chi connectivity index (χ3v) is 5.30. The van der Waals surface area contributed by atoms with Crippen LogP contribution >= 0.6 is 0 Å². The van der Waals surface area contributed by atoms with Gasteiger partial charge in [0.15, 0.2) is 5.82 Å². The van der Waals surface area contributed by atoms with Crippen LogP contribution in [0.1, 0.15) is 52.0 Å². The molecule has 1 atom stereocenters. The lowest BCUT2D eigenvalue weighted by atomic mass is 10.0. The maximum absolute atomic E-state index is 11.9. The van der Waals surface area contributed by atoms with Gasteiger partial charge in [-0.2, -0.15) is 0 Å². The minimum absolute atomic E-state index is 0.179. The number of aromatic nitrogens is 2. The summed E-state index contributed by atoms with van der Waals surface area (Å²) in [7, 11) is 0. The molecule has 156 valence electrons. The molecule has 0 aliphatic rings. The van der Waals surface area contributed by atoms with Crippen LogP contribution in [0, 0.1) is 5.92 Å². The van der Waals surface area contributed by atoms with Gasteiger partial charge in [-0.15, -0.1) is 0 Å². The number of benzene rings is 2. The van der Waals surface area contributed by atoms with Crippen LogP contribution in [0.5, 0.6) is 5.75 Å². The topological polar surface area (TPSA) is 52.1 Å². The number of nitrogens with zero attached hydrogens (tertiary/aromatic N) is 2. The lowest BCUT2D eigenvalue weighted by molar-refractivity contribution is -0.135. The fraction of sp³-hybridized carbons (Fsp3) is 0.346. The van der Waals surface area contributed by atoms with Crippen molar-refractivity contribution >= 4 is 5.97 Å². The summed E-state index contributed by atoms with van der Waals surface area (Å²) in [5.41, 5.74) is 4.34. The van der Waals surface area contributed by atoms with Gasteiger partial charge in [-0.1, -0.05) is 70.0 Å². The van der Waals surface area contributed by atoms with Crippen molar-refractivity contribution in [2.24, 2.45) is 5.92 Å². The van der Waals surface area contributed by atoms with Crippen LogP contribution in [-0.4, -0.2) is 15.9 Å². The zero-order valence-electron chi connectivity index (χ0n) is 18.1. The Labute approximate surface area is 179 Å². The van der Waals surface area contributed by atoms with Crippen molar-refractivity contribution in [3.05, 3.63) is 66.5 Å². The second-order valence-electron chi connectivity index (χ2n) is 7.81. The maximum Gasteiger partial charge on any atom is 0.311 e. The Morgan fingerprint density at radius 1 is 0.900 bits per heavy atom. The van der Waals surface area contributed by atoms with Crippen molar-refractivity contribution in [1.82, 2.24) is 9.97 Å². The lowest BCUT2D eigenvalue weighted by Gasteiger charge is -2.09. The molecule has 0 saturated heterocycles. The van der Waals surface area contributed by atoms with Crippen molar-refractivity contribution < 1.29 is 9.53 Å². The molecule has 0 spiro atoms. The highest BCUT2D eigenvalue weighted by molar-refractivity contribution is 5.73. The van der Waals surface area contributed by atoms with E-state index >= 15 is 0 Å². The van der Waals surface area contributed by atoms with Gasteiger partial charge in [-0.3, -0.25) is 4.79 Å². The molecule has 0 saturated carbocycles. The predicted molar refractivity (Wildman–Crippen MR) is 121 cm³/mol. The molecule has 0 fully saturated rings. The highest BCUT2D eigenvalue weighted by atomic mass is 16.5. The van der Waals surface area contributed by atoms with Gasteiger partial charge in [0.2, 0.25) is 0 Å². The van der Waals surface area contributed by atoms with Crippen LogP contribution < -0.4 is 4.74 Å². The van der Waals surface area contributed by atoms with E-state index in [1.165, 1.54) is 12.0 Å². The summed E-state index contributed by atoms with van der Waals surface area (Å²) in [5, 5.41) is 0. The van der Waals surface area contributed by atoms with Gasteiger partial charge in [0.05, 0.1) is 0 Å². The molecule has 1 aromatic heterocycles. The van der Waals surface area contributed by atoms with Crippen molar-refractivity contribution in [3.63, 3.8) is 0 Å². The zero-order chi connectivity index (χ0) is 21.3. The molecular formula is C26H30N2O2. The van der Waals surface area contributed by atoms with Crippen molar-refractivity contribution in [2.45, 2.75) is 52.9 Å². The quantitative estimate of drug-likeness (QED) is 0.303. The summed E-state index contributed by atoms with van der Waals surface area (Å²) < 4.78 is 5.43. The molecule has 0 aliphatic heterocycles. The minimum Gasteiger partial charge on any atom is -0.427 e. The summed E-state index contributed by atoms with van der Waals surface area (Å²) in [6.45, 7) is 6.32. The Morgan fingerprint density at radius 3 is 2.03 bits per heavy atom. The molecule has 0 unspecified atom stereocenters. The molecule has 0 aliphatic carbocycles. The van der Waals surface area contributed by atoms with E-state index in [0.29, 0.717) is 18.1 Å². The average Bonchev–Trinajstić information content (AvgIpc) is 2.78. The first-order chi connectivity index (χ1) is 14.6. The zero-order valence-corrected chi connectivity index (χ0v) is 18.1. The predicted octanol–water partition coefficient (Wildman–Crippen LogP) is 6.49. The highest BCUT2D eigenvalue weighted by Gasteiger charge is 2.10. The van der Waals surface area contributed by atoms with Crippen LogP contribution in [0.2, 0.25) is 0 Å². The minimum atomic E-state index is -0.179. The Balaban J connectivity index is 1.64. The van der Waals surface area contributed by atoms with Gasteiger partial charge in [-0.05, 0) is 47.6 Å². The molecule has 3 rings (SSSR count). The Kier molecular flexibility index (Phi) is 7.72. The molecule has 4 heteroatoms. The van der Waals surface area contributed by atoms with E-state index in [1.54, 1.807) is 0 Å². The Hall–Kier alpha value is -3.01. The average molecular weight is 403 g/mol. The number of ether oxygens (including phenoxy) is 1. The molecule has 3 aromatic rings. The molecule has 0 radical (unpaired) electrons. The van der Waals surface area contributed by atoms with Crippen LogP contribution in [-0.2, 0) is 11.2 Å². The van der Waals surface area contributed by atoms with E-state index < -0.39 is 0 Å². The van der Waals surface area contributed by atoms with Crippen molar-refractivity contribution in [3.8, 4) is 28.3 Å². The molecule has 4 nitrogen and oxygen atoms in total. The molecule has 30 heavy (non-hydrogen) atoms. The highest BCUT2D eigenvalue weighted by Crippen LogP contribution is 2.25. The molecule has 1 heterocycles. The fourth-order valence-corrected chi connectivity index (χ4v) is 3.14. The van der Waals surface area contributed by atoms with E-state index in [-0.39, 0.29) is 5.97 Å². The molecule has 0 bridgehead atoms. The van der Waals surface area contributed by atoms with E-state index in [4.69, 9.17) is 4.74 Å². The molecule has 0 amide bonds. The summed E-state index contributed by atoms with van der Waals surface area (Å²) in [6, 6.07) is 15.8. The van der Waals surface area contributed by atoms with Gasteiger partial charge < -0.3 is 4.74 Å². The number of esters is 1. The number of carbonyl (C=O) groups is 1. The number of unbranched alkanes of at least 4 members (excludes halogenated alkanes) is 1. The first-order valence-corrected chi connectivity index (χ1v) is 10.8. The van der Waals surface area contributed by atoms with E-state index in [2.05, 4.69) is 42.9 Å². The standard InChI is InChI=1S/C26H30N2O2/c1-4-6-7-20-17-27-26(28-18-20)23-10-8-21(9-11-23)22-12-14-24(15-13-22)30-25(29)16-19(3)5-2/h8-15,17-19H,4-7,16H2,1-3H3/t19-/m0/s1. The van der Waals surface area contributed by atoms with Gasteiger partial charge in [0.1, 0.15) is 5.75 Å². The lowest BCUT2D eigenvalue weighted by Crippen LogP contribution is -2.11. The first-order valence-electron chi connectivity index (χ1n) is 10.8. The van der Waals surface area contributed by atoms with Crippen molar-refractivity contribution in [2.75, 3.05) is 0 Å². The summed E-state index contributed by atoms with van der Waals surface area (Å²) in [6.07, 6.45) is 8.62. The number of rotatable bonds is 9. The summed E-state index contributed by atoms with van der Waals surface area (Å²) >= 11 is 0. The number of aryl methyl sites for hydroxylation is 1. The van der Waals surface area contributed by atoms with E-state index in [9.17, 15) is 4.79 Å². The molecule has 0 N–H and O–H groups in total. The van der Waals surface area contributed by atoms with E-state index in [1.807, 2.05) is 48.8 Å². The largest absolute Gasteiger partial charge is 0.427 e. The van der Waals surface area contributed by atoms with Gasteiger partial charge in [0, 0.05) is 24.4 Å². The number of carbonyl (C=O) groups excluding carboxylic acids is 1. The monoisotopic (exact) mass is 402 g/mol. The Morgan fingerprint density at radius 2 is 1.47 bits per heavy atom. The van der Waals surface area contributed by atoms with Gasteiger partial charge >= 0.3 is 5.97 Å². The fourth-order valence-electron chi connectivity index (χ4n) is 3.14. The SMILES string of the molecule is CCCCc1cnc(-c2ccc(-c3ccc(OC(=O)C[C@@H](C)CC)cc3)cc2)nc1. The second kappa shape index (κ2) is 10.7. The number of hydrogen-bond donors (Lipinski definition) is 0. The first kappa shape index (κ1) is 21.7. The van der Waals surface area contributed by atoms with Crippen LogP contribution in [0.4, 0.5) is 0 Å². The summed E-state index contributed by atoms with van der Waals surface area (Å²) in [5.74, 6) is 1.49. The number of hydrogen-bond acceptors (Lipinski definition) is 4. The van der Waals surface area contributed by atoms with Crippen LogP contribution in [0.15, 0.2) is 60.9 Å². The van der Waals surface area contributed by atoms with Crippen LogP contribution in [0.25, 0.3) is 22.5 Å². The second-order valence-corrected chi connectivity index (χ2v) is 7.81. The van der Waals surface area contributed by atoms with Gasteiger partial charge in [0.25, 0.3) is 0 Å². The van der Waals surface area contributed by atoms with Crippen LogP contribution in [0.3, 0.4) is 0 Å². The van der Waals surface area contributed by atoms with Gasteiger partial charge in [-0.25, -0.2) is 9.97 Å². The Bertz CT molecular complexity index is 932. The third kappa shape index (κ3) is 5.99. The molecular weight excluding hydrogens is 372 g/mol. The third-order valence-electron chi connectivity index (χ3n) is 5.30. The smallest absolute Gasteiger partial charge is 0.311 e.